The first kappa shape index (κ1) is 29.7. The van der Waals surface area contributed by atoms with Crippen molar-refractivity contribution in [2.75, 3.05) is 20.2 Å². The molecule has 9 nitrogen and oxygen atoms in total. The summed E-state index contributed by atoms with van der Waals surface area (Å²) in [6.07, 6.45) is 0.776. The maximum Gasteiger partial charge on any atom is 0.408 e. The van der Waals surface area contributed by atoms with Gasteiger partial charge in [-0.2, -0.15) is 0 Å². The Morgan fingerprint density at radius 1 is 1.11 bits per heavy atom. The Balaban J connectivity index is 3.51. The van der Waals surface area contributed by atoms with E-state index in [1.165, 1.54) is 18.1 Å². The molecule has 0 aromatic heterocycles. The lowest BCUT2D eigenvalue weighted by Gasteiger charge is -2.36. The van der Waals surface area contributed by atoms with Gasteiger partial charge in [-0.25, -0.2) is 4.79 Å². The van der Waals surface area contributed by atoms with Gasteiger partial charge in [0.2, 0.25) is 11.8 Å². The number of carbonyl (C=O) groups is 4. The summed E-state index contributed by atoms with van der Waals surface area (Å²) in [5.41, 5.74) is 1.48. The number of hydrogen-bond acceptors (Lipinski definition) is 6. The van der Waals surface area contributed by atoms with Gasteiger partial charge in [0, 0.05) is 6.54 Å². The SMILES string of the molecule is C=CCN(C(=O)C(NC(=O)OC(C)(C)C)C(C)C)C(C(=O)NCC(=O)OC)c1c(C)cccc1C. The van der Waals surface area contributed by atoms with Crippen LogP contribution in [0.4, 0.5) is 4.79 Å². The molecule has 1 aromatic rings. The number of hydrogen-bond donors (Lipinski definition) is 2. The first-order valence-corrected chi connectivity index (χ1v) is 11.5. The number of benzene rings is 1. The van der Waals surface area contributed by atoms with Crippen molar-refractivity contribution in [3.8, 4) is 0 Å². The molecule has 0 radical (unpaired) electrons. The number of aryl methyl sites for hydroxylation is 2. The fourth-order valence-corrected chi connectivity index (χ4v) is 3.60. The zero-order chi connectivity index (χ0) is 26.9. The second-order valence-electron chi connectivity index (χ2n) is 9.65. The highest BCUT2D eigenvalue weighted by molar-refractivity contribution is 5.93. The monoisotopic (exact) mass is 489 g/mol. The molecule has 0 aliphatic carbocycles. The van der Waals surface area contributed by atoms with E-state index in [1.54, 1.807) is 34.6 Å². The lowest BCUT2D eigenvalue weighted by molar-refractivity contribution is -0.144. The maximum absolute atomic E-state index is 13.8. The molecule has 194 valence electrons. The van der Waals surface area contributed by atoms with Gasteiger partial charge in [-0.05, 0) is 57.2 Å². The molecule has 2 N–H and O–H groups in total. The quantitative estimate of drug-likeness (QED) is 0.385. The van der Waals surface area contributed by atoms with Crippen molar-refractivity contribution in [2.45, 2.75) is 66.2 Å². The minimum atomic E-state index is -1.08. The van der Waals surface area contributed by atoms with E-state index in [0.29, 0.717) is 5.56 Å². The molecule has 9 heteroatoms. The van der Waals surface area contributed by atoms with E-state index in [2.05, 4.69) is 21.9 Å². The zero-order valence-corrected chi connectivity index (χ0v) is 22.1. The lowest BCUT2D eigenvalue weighted by Crippen LogP contribution is -2.55. The van der Waals surface area contributed by atoms with Gasteiger partial charge < -0.3 is 25.0 Å². The van der Waals surface area contributed by atoms with Crippen molar-refractivity contribution >= 4 is 23.9 Å². The molecule has 0 spiro atoms. The van der Waals surface area contributed by atoms with E-state index in [0.717, 1.165) is 11.1 Å². The molecule has 0 saturated carbocycles. The standard InChI is InChI=1S/C26H39N3O6/c1-10-14-29(24(32)21(16(2)3)28-25(33)35-26(6,7)8)22(23(31)27-15-19(30)34-9)20-17(4)12-11-13-18(20)5/h10-13,16,21-22H,1,14-15H2,2-9H3,(H,27,31)(H,28,33). The van der Waals surface area contributed by atoms with E-state index in [9.17, 15) is 19.2 Å². The third-order valence-electron chi connectivity index (χ3n) is 5.22. The lowest BCUT2D eigenvalue weighted by atomic mass is 9.92. The number of ether oxygens (including phenoxy) is 2. The van der Waals surface area contributed by atoms with Crippen LogP contribution < -0.4 is 10.6 Å². The summed E-state index contributed by atoms with van der Waals surface area (Å²) < 4.78 is 9.98. The van der Waals surface area contributed by atoms with Gasteiger partial charge in [-0.3, -0.25) is 14.4 Å². The van der Waals surface area contributed by atoms with Crippen molar-refractivity contribution in [3.05, 3.63) is 47.5 Å². The fraction of sp³-hybridized carbons (Fsp3) is 0.538. The Kier molecular flexibility index (Phi) is 11.0. The van der Waals surface area contributed by atoms with E-state index >= 15 is 0 Å². The number of nitrogens with one attached hydrogen (secondary N) is 2. The first-order valence-electron chi connectivity index (χ1n) is 11.5. The molecule has 0 aliphatic heterocycles. The minimum absolute atomic E-state index is 0.0299. The van der Waals surface area contributed by atoms with E-state index in [-0.39, 0.29) is 19.0 Å². The van der Waals surface area contributed by atoms with Crippen LogP contribution in [-0.4, -0.2) is 60.6 Å². The highest BCUT2D eigenvalue weighted by Crippen LogP contribution is 2.29. The third-order valence-corrected chi connectivity index (χ3v) is 5.22. The number of alkyl carbamates (subject to hydrolysis) is 1. The number of rotatable bonds is 10. The Labute approximate surface area is 208 Å². The topological polar surface area (TPSA) is 114 Å². The van der Waals surface area contributed by atoms with E-state index in [4.69, 9.17) is 4.74 Å². The third kappa shape index (κ3) is 8.73. The number of esters is 1. The van der Waals surface area contributed by atoms with Crippen LogP contribution in [0.2, 0.25) is 0 Å². The Hall–Kier alpha value is -3.36. The van der Waals surface area contributed by atoms with Crippen LogP contribution in [0.3, 0.4) is 0 Å². The van der Waals surface area contributed by atoms with Crippen LogP contribution in [0.5, 0.6) is 0 Å². The Bertz CT molecular complexity index is 915. The predicted octanol–water partition coefficient (Wildman–Crippen LogP) is 3.20. The fourth-order valence-electron chi connectivity index (χ4n) is 3.60. The highest BCUT2D eigenvalue weighted by Gasteiger charge is 2.38. The van der Waals surface area contributed by atoms with Gasteiger partial charge in [0.05, 0.1) is 7.11 Å². The van der Waals surface area contributed by atoms with E-state index in [1.807, 2.05) is 32.0 Å². The van der Waals surface area contributed by atoms with Gasteiger partial charge in [0.25, 0.3) is 0 Å². The Morgan fingerprint density at radius 3 is 2.14 bits per heavy atom. The summed E-state index contributed by atoms with van der Waals surface area (Å²) >= 11 is 0. The largest absolute Gasteiger partial charge is 0.468 e. The smallest absolute Gasteiger partial charge is 0.408 e. The van der Waals surface area contributed by atoms with Crippen molar-refractivity contribution in [1.82, 2.24) is 15.5 Å². The van der Waals surface area contributed by atoms with Gasteiger partial charge >= 0.3 is 12.1 Å². The van der Waals surface area contributed by atoms with Crippen LogP contribution in [0, 0.1) is 19.8 Å². The van der Waals surface area contributed by atoms with Crippen LogP contribution in [0.25, 0.3) is 0 Å². The summed E-state index contributed by atoms with van der Waals surface area (Å²) in [6.45, 7) is 15.9. The van der Waals surface area contributed by atoms with Crippen molar-refractivity contribution in [3.63, 3.8) is 0 Å². The molecule has 3 amide bonds. The molecular formula is C26H39N3O6. The predicted molar refractivity (Wildman–Crippen MR) is 134 cm³/mol. The summed E-state index contributed by atoms with van der Waals surface area (Å²) in [6, 6.07) is 3.51. The number of amides is 3. The normalized spacial score (nSPS) is 12.8. The van der Waals surface area contributed by atoms with Crippen LogP contribution >= 0.6 is 0 Å². The summed E-state index contributed by atoms with van der Waals surface area (Å²) in [7, 11) is 1.22. The van der Waals surface area contributed by atoms with Crippen LogP contribution in [-0.2, 0) is 23.9 Å². The molecule has 0 heterocycles. The first-order chi connectivity index (χ1) is 16.2. The zero-order valence-electron chi connectivity index (χ0n) is 22.1. The second-order valence-corrected chi connectivity index (χ2v) is 9.65. The molecule has 2 unspecified atom stereocenters. The van der Waals surface area contributed by atoms with Crippen molar-refractivity contribution in [2.24, 2.45) is 5.92 Å². The average molecular weight is 490 g/mol. The van der Waals surface area contributed by atoms with Gasteiger partial charge in [0.1, 0.15) is 24.2 Å². The molecule has 1 rings (SSSR count). The van der Waals surface area contributed by atoms with Crippen molar-refractivity contribution in [1.29, 1.82) is 0 Å². The summed E-state index contributed by atoms with van der Waals surface area (Å²) in [5, 5.41) is 5.22. The van der Waals surface area contributed by atoms with Crippen LogP contribution in [0.1, 0.15) is 57.4 Å². The second kappa shape index (κ2) is 12.9. The highest BCUT2D eigenvalue weighted by atomic mass is 16.6. The molecule has 0 bridgehead atoms. The molecule has 2 atom stereocenters. The van der Waals surface area contributed by atoms with Gasteiger partial charge in [0.15, 0.2) is 0 Å². The number of nitrogens with zero attached hydrogens (tertiary/aromatic N) is 1. The molecule has 35 heavy (non-hydrogen) atoms. The van der Waals surface area contributed by atoms with Crippen molar-refractivity contribution < 1.29 is 28.7 Å². The molecule has 0 saturated heterocycles. The minimum Gasteiger partial charge on any atom is -0.468 e. The molecule has 1 aromatic carbocycles. The van der Waals surface area contributed by atoms with Crippen LogP contribution in [0.15, 0.2) is 30.9 Å². The maximum atomic E-state index is 13.8. The summed E-state index contributed by atoms with van der Waals surface area (Å²) in [4.78, 5) is 52.8. The number of methoxy groups -OCH3 is 1. The molecular weight excluding hydrogens is 450 g/mol. The molecule has 0 fully saturated rings. The number of carbonyl (C=O) groups excluding carboxylic acids is 4. The molecule has 0 aliphatic rings. The summed E-state index contributed by atoms with van der Waals surface area (Å²) in [5.74, 6) is -1.96. The average Bonchev–Trinajstić information content (AvgIpc) is 2.75. The Morgan fingerprint density at radius 2 is 1.69 bits per heavy atom. The van der Waals surface area contributed by atoms with Gasteiger partial charge in [-0.15, -0.1) is 6.58 Å². The van der Waals surface area contributed by atoms with Gasteiger partial charge in [-0.1, -0.05) is 38.1 Å². The van der Waals surface area contributed by atoms with E-state index < -0.39 is 41.6 Å².